The van der Waals surface area contributed by atoms with E-state index >= 15 is 0 Å². The largest absolute Gasteiger partial charge is 0.508 e. The van der Waals surface area contributed by atoms with Crippen molar-refractivity contribution in [2.24, 2.45) is 17.6 Å². The van der Waals surface area contributed by atoms with Crippen molar-refractivity contribution in [3.05, 3.63) is 59.7 Å². The van der Waals surface area contributed by atoms with Crippen molar-refractivity contribution in [2.75, 3.05) is 0 Å². The van der Waals surface area contributed by atoms with Gasteiger partial charge in [-0.2, -0.15) is 0 Å². The van der Waals surface area contributed by atoms with Gasteiger partial charge < -0.3 is 37.0 Å². The van der Waals surface area contributed by atoms with Gasteiger partial charge >= 0.3 is 5.97 Å². The first-order valence-corrected chi connectivity index (χ1v) is 13.8. The minimum absolute atomic E-state index is 0.00254. The Hall–Kier alpha value is -4.12. The number of rotatable bonds is 15. The van der Waals surface area contributed by atoms with Crippen LogP contribution in [-0.4, -0.2) is 63.2 Å². The van der Waals surface area contributed by atoms with Crippen molar-refractivity contribution in [3.8, 4) is 11.5 Å². The molecular formula is C30H42N4O7. The SMILES string of the molecule is CCC(C)C(NC(=O)C(N)CC(C)C)C(=O)NC(Cc1ccc(O)cc1)C(=O)NC(Cc1ccc(O)cc1)C(=O)O. The first-order valence-electron chi connectivity index (χ1n) is 13.8. The number of nitrogens with one attached hydrogen (secondary N) is 3. The molecule has 224 valence electrons. The van der Waals surface area contributed by atoms with Crippen LogP contribution in [0.25, 0.3) is 0 Å². The van der Waals surface area contributed by atoms with E-state index in [1.165, 1.54) is 24.3 Å². The molecule has 2 rings (SSSR count). The topological polar surface area (TPSA) is 191 Å². The van der Waals surface area contributed by atoms with E-state index in [1.54, 1.807) is 31.2 Å². The average molecular weight is 571 g/mol. The molecule has 0 bridgehead atoms. The quantitative estimate of drug-likeness (QED) is 0.169. The first kappa shape index (κ1) is 33.1. The number of aliphatic carboxylic acids is 1. The lowest BCUT2D eigenvalue weighted by molar-refractivity contribution is -0.142. The third kappa shape index (κ3) is 10.8. The number of nitrogens with two attached hydrogens (primary N) is 1. The zero-order valence-corrected chi connectivity index (χ0v) is 24.0. The Morgan fingerprint density at radius 3 is 1.63 bits per heavy atom. The summed E-state index contributed by atoms with van der Waals surface area (Å²) in [6.07, 6.45) is 0.933. The molecule has 0 aromatic heterocycles. The van der Waals surface area contributed by atoms with E-state index in [9.17, 15) is 34.5 Å². The summed E-state index contributed by atoms with van der Waals surface area (Å²) in [5.41, 5.74) is 7.21. The van der Waals surface area contributed by atoms with Crippen LogP contribution in [0.3, 0.4) is 0 Å². The standard InChI is InChI=1S/C30H42N4O7/c1-5-18(4)26(34-27(37)23(31)14-17(2)3)29(39)32-24(15-19-6-10-21(35)11-7-19)28(38)33-25(30(40)41)16-20-8-12-22(36)13-9-20/h6-13,17-18,23-26,35-36H,5,14-16,31H2,1-4H3,(H,32,39)(H,33,38)(H,34,37)(H,40,41). The number of amides is 3. The van der Waals surface area contributed by atoms with Crippen LogP contribution in [-0.2, 0) is 32.0 Å². The van der Waals surface area contributed by atoms with Crippen molar-refractivity contribution in [1.82, 2.24) is 16.0 Å². The molecule has 0 saturated heterocycles. The summed E-state index contributed by atoms with van der Waals surface area (Å²) in [7, 11) is 0. The molecule has 2 aromatic carbocycles. The molecule has 3 amide bonds. The Morgan fingerprint density at radius 2 is 1.20 bits per heavy atom. The number of phenolic OH excluding ortho intramolecular Hbond substituents is 2. The molecule has 5 unspecified atom stereocenters. The van der Waals surface area contributed by atoms with Gasteiger partial charge in [-0.05, 0) is 53.6 Å². The van der Waals surface area contributed by atoms with E-state index < -0.39 is 47.9 Å². The van der Waals surface area contributed by atoms with Crippen molar-refractivity contribution in [1.29, 1.82) is 0 Å². The molecule has 0 fully saturated rings. The van der Waals surface area contributed by atoms with Gasteiger partial charge in [0.2, 0.25) is 17.7 Å². The van der Waals surface area contributed by atoms with Crippen molar-refractivity contribution < 1.29 is 34.5 Å². The third-order valence-electron chi connectivity index (χ3n) is 6.86. The number of aromatic hydroxyl groups is 2. The molecule has 11 heteroatoms. The van der Waals surface area contributed by atoms with Crippen molar-refractivity contribution in [2.45, 2.75) is 77.5 Å². The Morgan fingerprint density at radius 1 is 0.732 bits per heavy atom. The fourth-order valence-corrected chi connectivity index (χ4v) is 4.26. The molecular weight excluding hydrogens is 528 g/mol. The van der Waals surface area contributed by atoms with E-state index in [2.05, 4.69) is 16.0 Å². The van der Waals surface area contributed by atoms with E-state index in [-0.39, 0.29) is 36.2 Å². The number of hydrogen-bond acceptors (Lipinski definition) is 7. The summed E-state index contributed by atoms with van der Waals surface area (Å²) in [5, 5.41) is 36.9. The highest BCUT2D eigenvalue weighted by molar-refractivity contribution is 5.94. The van der Waals surface area contributed by atoms with E-state index in [0.717, 1.165) is 0 Å². The van der Waals surface area contributed by atoms with Gasteiger partial charge in [0.25, 0.3) is 0 Å². The molecule has 0 aliphatic carbocycles. The molecule has 0 aliphatic heterocycles. The maximum absolute atomic E-state index is 13.5. The molecule has 0 heterocycles. The lowest BCUT2D eigenvalue weighted by Gasteiger charge is -2.28. The van der Waals surface area contributed by atoms with Gasteiger partial charge in [-0.3, -0.25) is 14.4 Å². The summed E-state index contributed by atoms with van der Waals surface area (Å²) in [4.78, 5) is 51.7. The monoisotopic (exact) mass is 570 g/mol. The lowest BCUT2D eigenvalue weighted by atomic mass is 9.96. The zero-order chi connectivity index (χ0) is 30.7. The van der Waals surface area contributed by atoms with Crippen LogP contribution in [0.2, 0.25) is 0 Å². The summed E-state index contributed by atoms with van der Waals surface area (Å²) in [6, 6.07) is 7.71. The average Bonchev–Trinajstić information content (AvgIpc) is 2.92. The van der Waals surface area contributed by atoms with Crippen LogP contribution >= 0.6 is 0 Å². The Balaban J connectivity index is 2.29. The first-order chi connectivity index (χ1) is 19.3. The predicted molar refractivity (Wildman–Crippen MR) is 154 cm³/mol. The second kappa shape index (κ2) is 15.6. The summed E-state index contributed by atoms with van der Waals surface area (Å²) >= 11 is 0. The summed E-state index contributed by atoms with van der Waals surface area (Å²) < 4.78 is 0. The number of phenols is 2. The molecule has 11 nitrogen and oxygen atoms in total. The summed E-state index contributed by atoms with van der Waals surface area (Å²) in [6.45, 7) is 7.54. The van der Waals surface area contributed by atoms with Crippen molar-refractivity contribution >= 4 is 23.7 Å². The number of carboxylic acid groups (broad SMARTS) is 1. The van der Waals surface area contributed by atoms with Gasteiger partial charge in [0.15, 0.2) is 0 Å². The maximum atomic E-state index is 13.5. The number of carboxylic acids is 1. The van der Waals surface area contributed by atoms with Crippen LogP contribution in [0.5, 0.6) is 11.5 Å². The van der Waals surface area contributed by atoms with Gasteiger partial charge in [0.05, 0.1) is 6.04 Å². The minimum atomic E-state index is -1.31. The van der Waals surface area contributed by atoms with Gasteiger partial charge in [-0.1, -0.05) is 58.4 Å². The second-order valence-corrected chi connectivity index (χ2v) is 10.8. The molecule has 0 aliphatic rings. The Kier molecular flexibility index (Phi) is 12.6. The van der Waals surface area contributed by atoms with Crippen LogP contribution in [0.4, 0.5) is 0 Å². The van der Waals surface area contributed by atoms with E-state index in [4.69, 9.17) is 5.73 Å². The number of carbonyl (C=O) groups is 4. The number of carbonyl (C=O) groups excluding carboxylic acids is 3. The molecule has 0 radical (unpaired) electrons. The van der Waals surface area contributed by atoms with Gasteiger partial charge in [-0.15, -0.1) is 0 Å². The smallest absolute Gasteiger partial charge is 0.326 e. The highest BCUT2D eigenvalue weighted by Crippen LogP contribution is 2.15. The van der Waals surface area contributed by atoms with E-state index in [1.807, 2.05) is 20.8 Å². The van der Waals surface area contributed by atoms with Gasteiger partial charge in [0, 0.05) is 12.8 Å². The van der Waals surface area contributed by atoms with Crippen LogP contribution in [0.1, 0.15) is 51.7 Å². The molecule has 0 saturated carbocycles. The Bertz CT molecular complexity index is 1170. The van der Waals surface area contributed by atoms with Gasteiger partial charge in [0.1, 0.15) is 29.6 Å². The van der Waals surface area contributed by atoms with Crippen LogP contribution in [0.15, 0.2) is 48.5 Å². The molecule has 0 spiro atoms. The molecule has 8 N–H and O–H groups in total. The van der Waals surface area contributed by atoms with Crippen LogP contribution in [0, 0.1) is 11.8 Å². The van der Waals surface area contributed by atoms with Crippen LogP contribution < -0.4 is 21.7 Å². The Labute approximate surface area is 240 Å². The highest BCUT2D eigenvalue weighted by Gasteiger charge is 2.32. The fourth-order valence-electron chi connectivity index (χ4n) is 4.26. The van der Waals surface area contributed by atoms with Gasteiger partial charge in [-0.25, -0.2) is 4.79 Å². The fraction of sp³-hybridized carbons (Fsp3) is 0.467. The molecule has 41 heavy (non-hydrogen) atoms. The summed E-state index contributed by atoms with van der Waals surface area (Å²) in [5.74, 6) is -3.15. The lowest BCUT2D eigenvalue weighted by Crippen LogP contribution is -2.59. The number of benzene rings is 2. The highest BCUT2D eigenvalue weighted by atomic mass is 16.4. The third-order valence-corrected chi connectivity index (χ3v) is 6.86. The van der Waals surface area contributed by atoms with E-state index in [0.29, 0.717) is 24.0 Å². The minimum Gasteiger partial charge on any atom is -0.508 e. The molecule has 5 atom stereocenters. The second-order valence-electron chi connectivity index (χ2n) is 10.8. The maximum Gasteiger partial charge on any atom is 0.326 e. The molecule has 2 aromatic rings. The predicted octanol–water partition coefficient (Wildman–Crippen LogP) is 1.84. The normalized spacial score (nSPS) is 14.8. The van der Waals surface area contributed by atoms with Crippen molar-refractivity contribution in [3.63, 3.8) is 0 Å². The zero-order valence-electron chi connectivity index (χ0n) is 24.0. The number of hydrogen-bond donors (Lipinski definition) is 7.